The summed E-state index contributed by atoms with van der Waals surface area (Å²) in [5.74, 6) is -0.150. The van der Waals surface area contributed by atoms with Gasteiger partial charge in [-0.1, -0.05) is 18.2 Å². The third-order valence-corrected chi connectivity index (χ3v) is 3.46. The number of aliphatic hydroxyl groups excluding tert-OH is 1. The molecule has 0 aliphatic carbocycles. The highest BCUT2D eigenvalue weighted by Crippen LogP contribution is 2.25. The standard InChI is InChI=1S/C14H19FN2O3/c1-20-12-5-3-2-4-10(12)11(18)8-17-13(19)14(15)6-7-16-9-14/h2-5,11,16,18H,6-9H2,1H3,(H,17,19). The number of alkyl halides is 1. The van der Waals surface area contributed by atoms with Crippen LogP contribution in [0.15, 0.2) is 24.3 Å². The van der Waals surface area contributed by atoms with Gasteiger partial charge in [-0.2, -0.15) is 0 Å². The SMILES string of the molecule is COc1ccccc1C(O)CNC(=O)C1(F)CCNC1. The molecule has 1 amide bonds. The fourth-order valence-electron chi connectivity index (χ4n) is 2.25. The molecular formula is C14H19FN2O3. The van der Waals surface area contributed by atoms with E-state index in [0.717, 1.165) is 0 Å². The molecule has 5 nitrogen and oxygen atoms in total. The Morgan fingerprint density at radius 3 is 3.00 bits per heavy atom. The van der Waals surface area contributed by atoms with E-state index in [4.69, 9.17) is 4.74 Å². The maximum Gasteiger partial charge on any atom is 0.259 e. The first-order valence-corrected chi connectivity index (χ1v) is 6.56. The molecule has 1 heterocycles. The second-order valence-electron chi connectivity index (χ2n) is 4.86. The minimum absolute atomic E-state index is 0.0174. The number of carbonyl (C=O) groups is 1. The Labute approximate surface area is 117 Å². The first kappa shape index (κ1) is 14.7. The molecule has 0 aromatic heterocycles. The van der Waals surface area contributed by atoms with Crippen molar-refractivity contribution in [2.75, 3.05) is 26.7 Å². The van der Waals surface area contributed by atoms with E-state index in [1.165, 1.54) is 7.11 Å². The van der Waals surface area contributed by atoms with Gasteiger partial charge in [-0.15, -0.1) is 0 Å². The highest BCUT2D eigenvalue weighted by molar-refractivity contribution is 5.85. The van der Waals surface area contributed by atoms with Gasteiger partial charge in [-0.25, -0.2) is 4.39 Å². The second kappa shape index (κ2) is 6.19. The quantitative estimate of drug-likeness (QED) is 0.737. The lowest BCUT2D eigenvalue weighted by molar-refractivity contribution is -0.132. The van der Waals surface area contributed by atoms with Crippen LogP contribution in [0.3, 0.4) is 0 Å². The molecule has 2 atom stereocenters. The number of nitrogens with one attached hydrogen (secondary N) is 2. The van der Waals surface area contributed by atoms with Crippen molar-refractivity contribution in [2.24, 2.45) is 0 Å². The number of carbonyl (C=O) groups excluding carboxylic acids is 1. The second-order valence-corrected chi connectivity index (χ2v) is 4.86. The molecule has 1 aromatic carbocycles. The summed E-state index contributed by atoms with van der Waals surface area (Å²) in [6.07, 6.45) is -0.781. The van der Waals surface area contributed by atoms with Crippen molar-refractivity contribution in [2.45, 2.75) is 18.2 Å². The molecule has 1 aliphatic heterocycles. The van der Waals surface area contributed by atoms with Crippen LogP contribution >= 0.6 is 0 Å². The molecule has 2 rings (SSSR count). The van der Waals surface area contributed by atoms with Crippen molar-refractivity contribution < 1.29 is 19.0 Å². The molecule has 1 aliphatic rings. The average Bonchev–Trinajstić information content (AvgIpc) is 2.92. The van der Waals surface area contributed by atoms with E-state index in [2.05, 4.69) is 10.6 Å². The first-order valence-electron chi connectivity index (χ1n) is 6.56. The van der Waals surface area contributed by atoms with E-state index < -0.39 is 17.7 Å². The van der Waals surface area contributed by atoms with Gasteiger partial charge in [0.1, 0.15) is 5.75 Å². The van der Waals surface area contributed by atoms with Gasteiger partial charge in [0, 0.05) is 25.1 Å². The number of amides is 1. The topological polar surface area (TPSA) is 70.6 Å². The Bertz CT molecular complexity index is 475. The Morgan fingerprint density at radius 1 is 1.60 bits per heavy atom. The summed E-state index contributed by atoms with van der Waals surface area (Å²) in [7, 11) is 1.50. The maximum atomic E-state index is 14.1. The molecule has 0 spiro atoms. The molecular weight excluding hydrogens is 263 g/mol. The highest BCUT2D eigenvalue weighted by Gasteiger charge is 2.41. The molecule has 2 unspecified atom stereocenters. The van der Waals surface area contributed by atoms with Crippen molar-refractivity contribution in [3.05, 3.63) is 29.8 Å². The molecule has 6 heteroatoms. The van der Waals surface area contributed by atoms with Crippen molar-refractivity contribution in [1.29, 1.82) is 0 Å². The predicted molar refractivity (Wildman–Crippen MR) is 72.3 cm³/mol. The number of para-hydroxylation sites is 1. The largest absolute Gasteiger partial charge is 0.496 e. The van der Waals surface area contributed by atoms with Crippen LogP contribution in [0.2, 0.25) is 0 Å². The maximum absolute atomic E-state index is 14.1. The molecule has 1 fully saturated rings. The average molecular weight is 282 g/mol. The zero-order chi connectivity index (χ0) is 14.6. The van der Waals surface area contributed by atoms with Gasteiger partial charge in [0.25, 0.3) is 5.91 Å². The number of aliphatic hydroxyl groups is 1. The number of methoxy groups -OCH3 is 1. The summed E-state index contributed by atoms with van der Waals surface area (Å²) in [5.41, 5.74) is -1.31. The zero-order valence-electron chi connectivity index (χ0n) is 11.4. The zero-order valence-corrected chi connectivity index (χ0v) is 11.4. The fraction of sp³-hybridized carbons (Fsp3) is 0.500. The monoisotopic (exact) mass is 282 g/mol. The van der Waals surface area contributed by atoms with Crippen molar-refractivity contribution >= 4 is 5.91 Å². The lowest BCUT2D eigenvalue weighted by Gasteiger charge is -2.20. The van der Waals surface area contributed by atoms with Crippen LogP contribution in [-0.4, -0.2) is 43.4 Å². The molecule has 20 heavy (non-hydrogen) atoms. The predicted octanol–water partition coefficient (Wildman–Crippen LogP) is 0.546. The molecule has 3 N–H and O–H groups in total. The van der Waals surface area contributed by atoms with E-state index in [1.807, 2.05) is 0 Å². The minimum Gasteiger partial charge on any atom is -0.496 e. The fourth-order valence-corrected chi connectivity index (χ4v) is 2.25. The molecule has 110 valence electrons. The molecule has 0 radical (unpaired) electrons. The van der Waals surface area contributed by atoms with Gasteiger partial charge in [-0.05, 0) is 12.6 Å². The van der Waals surface area contributed by atoms with Gasteiger partial charge in [0.05, 0.1) is 13.2 Å². The minimum atomic E-state index is -1.87. The van der Waals surface area contributed by atoms with Crippen LogP contribution < -0.4 is 15.4 Å². The number of hydrogen-bond donors (Lipinski definition) is 3. The lowest BCUT2D eigenvalue weighted by Crippen LogP contribution is -2.46. The van der Waals surface area contributed by atoms with Crippen molar-refractivity contribution in [1.82, 2.24) is 10.6 Å². The normalized spacial score (nSPS) is 23.4. The van der Waals surface area contributed by atoms with Gasteiger partial charge in [0.2, 0.25) is 5.67 Å². The van der Waals surface area contributed by atoms with Crippen LogP contribution in [0, 0.1) is 0 Å². The van der Waals surface area contributed by atoms with Crippen LogP contribution in [-0.2, 0) is 4.79 Å². The number of hydrogen-bond acceptors (Lipinski definition) is 4. The van der Waals surface area contributed by atoms with Crippen LogP contribution in [0.1, 0.15) is 18.1 Å². The highest BCUT2D eigenvalue weighted by atomic mass is 19.1. The van der Waals surface area contributed by atoms with Crippen LogP contribution in [0.4, 0.5) is 4.39 Å². The number of rotatable bonds is 5. The summed E-state index contributed by atoms with van der Waals surface area (Å²) < 4.78 is 19.3. The Kier molecular flexibility index (Phi) is 4.57. The molecule has 0 saturated carbocycles. The third-order valence-electron chi connectivity index (χ3n) is 3.46. The van der Waals surface area contributed by atoms with E-state index in [1.54, 1.807) is 24.3 Å². The van der Waals surface area contributed by atoms with Gasteiger partial charge < -0.3 is 20.5 Å². The van der Waals surface area contributed by atoms with Gasteiger partial charge in [0.15, 0.2) is 0 Å². The van der Waals surface area contributed by atoms with E-state index >= 15 is 0 Å². The van der Waals surface area contributed by atoms with Crippen molar-refractivity contribution in [3.8, 4) is 5.75 Å². The van der Waals surface area contributed by atoms with Gasteiger partial charge in [-0.3, -0.25) is 4.79 Å². The van der Waals surface area contributed by atoms with Crippen LogP contribution in [0.5, 0.6) is 5.75 Å². The Balaban J connectivity index is 1.95. The summed E-state index contributed by atoms with van der Waals surface area (Å²) in [5, 5.41) is 15.3. The summed E-state index contributed by atoms with van der Waals surface area (Å²) in [6, 6.07) is 6.98. The molecule has 0 bridgehead atoms. The summed E-state index contributed by atoms with van der Waals surface area (Å²) >= 11 is 0. The van der Waals surface area contributed by atoms with E-state index in [-0.39, 0.29) is 19.5 Å². The summed E-state index contributed by atoms with van der Waals surface area (Å²) in [6.45, 7) is 0.452. The van der Waals surface area contributed by atoms with E-state index in [0.29, 0.717) is 17.9 Å². The first-order chi connectivity index (χ1) is 9.57. The molecule has 1 saturated heterocycles. The Morgan fingerprint density at radius 2 is 2.35 bits per heavy atom. The van der Waals surface area contributed by atoms with Crippen molar-refractivity contribution in [3.63, 3.8) is 0 Å². The number of ether oxygens (including phenoxy) is 1. The Hall–Kier alpha value is -1.66. The summed E-state index contributed by atoms with van der Waals surface area (Å²) in [4.78, 5) is 11.8. The van der Waals surface area contributed by atoms with E-state index in [9.17, 15) is 14.3 Å². The lowest BCUT2D eigenvalue weighted by atomic mass is 10.0. The van der Waals surface area contributed by atoms with Crippen LogP contribution in [0.25, 0.3) is 0 Å². The number of halogens is 1. The molecule has 1 aromatic rings. The third kappa shape index (κ3) is 3.08. The smallest absolute Gasteiger partial charge is 0.259 e. The van der Waals surface area contributed by atoms with Gasteiger partial charge >= 0.3 is 0 Å². The number of benzene rings is 1.